The third-order valence-corrected chi connectivity index (χ3v) is 6.78. The van der Waals surface area contributed by atoms with Crippen LogP contribution in [0.15, 0.2) is 53.4 Å². The van der Waals surface area contributed by atoms with Gasteiger partial charge < -0.3 is 10.1 Å². The molecular formula is C21H26N2O4S. The molecule has 28 heavy (non-hydrogen) atoms. The maximum atomic E-state index is 12.9. The Kier molecular flexibility index (Phi) is 6.05. The molecule has 1 aliphatic heterocycles. The molecule has 150 valence electrons. The van der Waals surface area contributed by atoms with Gasteiger partial charge in [-0.25, -0.2) is 8.42 Å². The number of sulfonamides is 1. The largest absolute Gasteiger partial charge is 0.497 e. The molecule has 2 aromatic carbocycles. The molecule has 1 heterocycles. The van der Waals surface area contributed by atoms with Crippen molar-refractivity contribution in [2.75, 3.05) is 25.5 Å². The molecule has 2 aromatic rings. The molecule has 0 aromatic heterocycles. The highest BCUT2D eigenvalue weighted by molar-refractivity contribution is 7.89. The van der Waals surface area contributed by atoms with Gasteiger partial charge in [-0.05, 0) is 66.8 Å². The number of methoxy groups -OCH3 is 1. The number of carbonyl (C=O) groups excluding carboxylic acids is 1. The Morgan fingerprint density at radius 2 is 1.57 bits per heavy atom. The molecule has 3 rings (SSSR count). The van der Waals surface area contributed by atoms with Crippen LogP contribution in [-0.2, 0) is 10.0 Å². The minimum absolute atomic E-state index is 0.247. The molecule has 0 spiro atoms. The zero-order chi connectivity index (χ0) is 20.3. The van der Waals surface area contributed by atoms with E-state index in [9.17, 15) is 13.2 Å². The first-order valence-corrected chi connectivity index (χ1v) is 10.8. The van der Waals surface area contributed by atoms with Crippen LogP contribution in [0, 0.1) is 11.8 Å². The van der Waals surface area contributed by atoms with E-state index in [2.05, 4.69) is 19.2 Å². The van der Waals surface area contributed by atoms with E-state index in [0.29, 0.717) is 41.9 Å². The van der Waals surface area contributed by atoms with Gasteiger partial charge in [-0.3, -0.25) is 4.79 Å². The molecule has 1 saturated heterocycles. The maximum absolute atomic E-state index is 12.9. The van der Waals surface area contributed by atoms with Crippen LogP contribution in [0.1, 0.15) is 30.6 Å². The fourth-order valence-electron chi connectivity index (χ4n) is 3.61. The molecular weight excluding hydrogens is 376 g/mol. The van der Waals surface area contributed by atoms with Crippen LogP contribution < -0.4 is 10.1 Å². The molecule has 0 aliphatic carbocycles. The van der Waals surface area contributed by atoms with E-state index in [1.54, 1.807) is 59.9 Å². The van der Waals surface area contributed by atoms with E-state index in [4.69, 9.17) is 4.74 Å². The van der Waals surface area contributed by atoms with Crippen molar-refractivity contribution in [2.45, 2.75) is 25.2 Å². The average Bonchev–Trinajstić information content (AvgIpc) is 2.67. The summed E-state index contributed by atoms with van der Waals surface area (Å²) < 4.78 is 32.5. The zero-order valence-corrected chi connectivity index (χ0v) is 17.2. The second kappa shape index (κ2) is 8.32. The number of nitrogens with zero attached hydrogens (tertiary/aromatic N) is 1. The Hall–Kier alpha value is -2.38. The summed E-state index contributed by atoms with van der Waals surface area (Å²) >= 11 is 0. The lowest BCUT2D eigenvalue weighted by molar-refractivity contribution is 0.102. The monoisotopic (exact) mass is 402 g/mol. The van der Waals surface area contributed by atoms with Crippen molar-refractivity contribution < 1.29 is 17.9 Å². The van der Waals surface area contributed by atoms with Crippen molar-refractivity contribution in [3.63, 3.8) is 0 Å². The van der Waals surface area contributed by atoms with E-state index in [1.165, 1.54) is 0 Å². The van der Waals surface area contributed by atoms with Crippen molar-refractivity contribution in [3.05, 3.63) is 54.1 Å². The van der Waals surface area contributed by atoms with Gasteiger partial charge in [0.05, 0.1) is 12.0 Å². The van der Waals surface area contributed by atoms with Crippen molar-refractivity contribution in [3.8, 4) is 5.75 Å². The predicted molar refractivity (Wildman–Crippen MR) is 109 cm³/mol. The molecule has 2 atom stereocenters. The summed E-state index contributed by atoms with van der Waals surface area (Å²) in [6.07, 6.45) is 1.04. The van der Waals surface area contributed by atoms with Gasteiger partial charge in [-0.1, -0.05) is 13.8 Å². The summed E-state index contributed by atoms with van der Waals surface area (Å²) in [5.74, 6) is 1.10. The molecule has 1 amide bonds. The molecule has 1 aliphatic rings. The Morgan fingerprint density at radius 1 is 1.00 bits per heavy atom. The number of piperidine rings is 1. The SMILES string of the molecule is COc1ccc(C(=O)Nc2ccc(S(=O)(=O)N3C[C@H](C)C[C@H](C)C3)cc2)cc1. The topological polar surface area (TPSA) is 75.7 Å². The summed E-state index contributed by atoms with van der Waals surface area (Å²) in [5.41, 5.74) is 1.04. The molecule has 6 nitrogen and oxygen atoms in total. The molecule has 0 unspecified atom stereocenters. The van der Waals surface area contributed by atoms with Gasteiger partial charge in [0.25, 0.3) is 5.91 Å². The number of hydrogen-bond acceptors (Lipinski definition) is 4. The summed E-state index contributed by atoms with van der Waals surface area (Å²) in [5, 5.41) is 2.78. The zero-order valence-electron chi connectivity index (χ0n) is 16.4. The Balaban J connectivity index is 1.71. The fraction of sp³-hybridized carbons (Fsp3) is 0.381. The summed E-state index contributed by atoms with van der Waals surface area (Å²) in [7, 11) is -1.96. The molecule has 0 radical (unpaired) electrons. The highest BCUT2D eigenvalue weighted by Crippen LogP contribution is 2.27. The first kappa shape index (κ1) is 20.4. The van der Waals surface area contributed by atoms with Gasteiger partial charge >= 0.3 is 0 Å². The molecule has 0 bridgehead atoms. The number of rotatable bonds is 5. The van der Waals surface area contributed by atoms with Gasteiger partial charge in [-0.15, -0.1) is 0 Å². The predicted octanol–water partition coefficient (Wildman–Crippen LogP) is 3.61. The number of carbonyl (C=O) groups is 1. The quantitative estimate of drug-likeness (QED) is 0.829. The lowest BCUT2D eigenvalue weighted by Gasteiger charge is -2.34. The highest BCUT2D eigenvalue weighted by Gasteiger charge is 2.31. The second-order valence-corrected chi connectivity index (χ2v) is 9.41. The van der Waals surface area contributed by atoms with Crippen molar-refractivity contribution in [2.24, 2.45) is 11.8 Å². The number of anilines is 1. The minimum atomic E-state index is -3.53. The summed E-state index contributed by atoms with van der Waals surface area (Å²) in [6, 6.07) is 13.1. The molecule has 1 fully saturated rings. The Bertz CT molecular complexity index is 914. The van der Waals surface area contributed by atoms with E-state index in [0.717, 1.165) is 6.42 Å². The van der Waals surface area contributed by atoms with E-state index < -0.39 is 10.0 Å². The van der Waals surface area contributed by atoms with Crippen molar-refractivity contribution in [1.82, 2.24) is 4.31 Å². The number of amides is 1. The number of hydrogen-bond donors (Lipinski definition) is 1. The number of nitrogens with one attached hydrogen (secondary N) is 1. The van der Waals surface area contributed by atoms with E-state index in [-0.39, 0.29) is 10.8 Å². The summed E-state index contributed by atoms with van der Waals surface area (Å²) in [4.78, 5) is 12.6. The van der Waals surface area contributed by atoms with Crippen molar-refractivity contribution >= 4 is 21.6 Å². The maximum Gasteiger partial charge on any atom is 0.255 e. The van der Waals surface area contributed by atoms with Crippen LogP contribution in [0.5, 0.6) is 5.75 Å². The van der Waals surface area contributed by atoms with Gasteiger partial charge in [-0.2, -0.15) is 4.31 Å². The van der Waals surface area contributed by atoms with Crippen molar-refractivity contribution in [1.29, 1.82) is 0 Å². The average molecular weight is 403 g/mol. The van der Waals surface area contributed by atoms with E-state index in [1.807, 2.05) is 0 Å². The second-order valence-electron chi connectivity index (χ2n) is 7.48. The van der Waals surface area contributed by atoms with Crippen LogP contribution in [0.4, 0.5) is 5.69 Å². The first-order chi connectivity index (χ1) is 13.3. The smallest absolute Gasteiger partial charge is 0.255 e. The van der Waals surface area contributed by atoms with E-state index >= 15 is 0 Å². The summed E-state index contributed by atoms with van der Waals surface area (Å²) in [6.45, 7) is 5.25. The van der Waals surface area contributed by atoms with Crippen LogP contribution in [0.25, 0.3) is 0 Å². The first-order valence-electron chi connectivity index (χ1n) is 9.35. The van der Waals surface area contributed by atoms with Gasteiger partial charge in [0.2, 0.25) is 10.0 Å². The van der Waals surface area contributed by atoms with Gasteiger partial charge in [0.1, 0.15) is 5.75 Å². The number of benzene rings is 2. The Labute approximate surface area is 166 Å². The molecule has 7 heteroatoms. The lowest BCUT2D eigenvalue weighted by atomic mass is 9.94. The molecule has 1 N–H and O–H groups in total. The third-order valence-electron chi connectivity index (χ3n) is 4.94. The Morgan fingerprint density at radius 3 is 2.11 bits per heavy atom. The number of ether oxygens (including phenoxy) is 1. The van der Waals surface area contributed by atoms with Gasteiger partial charge in [0, 0.05) is 24.3 Å². The molecule has 0 saturated carbocycles. The lowest BCUT2D eigenvalue weighted by Crippen LogP contribution is -2.42. The van der Waals surface area contributed by atoms with Crippen LogP contribution in [0.3, 0.4) is 0 Å². The van der Waals surface area contributed by atoms with Gasteiger partial charge in [0.15, 0.2) is 0 Å². The minimum Gasteiger partial charge on any atom is -0.497 e. The third kappa shape index (κ3) is 4.54. The van der Waals surface area contributed by atoms with Crippen LogP contribution in [0.2, 0.25) is 0 Å². The van der Waals surface area contributed by atoms with Crippen LogP contribution in [-0.4, -0.2) is 38.8 Å². The highest BCUT2D eigenvalue weighted by atomic mass is 32.2. The standard InChI is InChI=1S/C21H26N2O4S/c1-15-12-16(2)14-23(13-15)28(25,26)20-10-6-18(7-11-20)22-21(24)17-4-8-19(27-3)9-5-17/h4-11,15-16H,12-14H2,1-3H3,(H,22,24)/t15-,16+. The van der Waals surface area contributed by atoms with Crippen LogP contribution >= 0.6 is 0 Å². The fourth-order valence-corrected chi connectivity index (χ4v) is 5.29. The normalized spacial score (nSPS) is 20.5.